The summed E-state index contributed by atoms with van der Waals surface area (Å²) in [6, 6.07) is 11.5. The normalized spacial score (nSPS) is 14.8. The zero-order chi connectivity index (χ0) is 26.0. The second-order valence-corrected chi connectivity index (χ2v) is 9.50. The van der Waals surface area contributed by atoms with Crippen LogP contribution in [0.25, 0.3) is 22.2 Å². The molecule has 3 aromatic heterocycles. The molecule has 4 N–H and O–H groups in total. The minimum atomic E-state index is -0.627. The van der Waals surface area contributed by atoms with Crippen LogP contribution in [0.5, 0.6) is 0 Å². The van der Waals surface area contributed by atoms with E-state index in [4.69, 9.17) is 5.73 Å². The number of carbonyl (C=O) groups excluding carboxylic acids is 1. The van der Waals surface area contributed by atoms with Crippen molar-refractivity contribution in [3.63, 3.8) is 0 Å². The molecule has 1 aromatic carbocycles. The number of nitrogens with one attached hydrogen (secondary N) is 2. The SMILES string of the molecule is CCC(CCNc1cc(-c2ccc(C3(N)CC3)nc2)ncn1)c1cccc2c(C(=O)NC)c(F)cnc12. The quantitative estimate of drug-likeness (QED) is 0.310. The lowest BCUT2D eigenvalue weighted by Crippen LogP contribution is -2.20. The van der Waals surface area contributed by atoms with Crippen molar-refractivity contribution in [2.75, 3.05) is 18.9 Å². The van der Waals surface area contributed by atoms with Crippen molar-refractivity contribution in [3.8, 4) is 11.3 Å². The second kappa shape index (κ2) is 10.2. The van der Waals surface area contributed by atoms with Crippen LogP contribution in [0.1, 0.15) is 60.1 Å². The maximum absolute atomic E-state index is 14.4. The summed E-state index contributed by atoms with van der Waals surface area (Å²) >= 11 is 0. The predicted molar refractivity (Wildman–Crippen MR) is 142 cm³/mol. The van der Waals surface area contributed by atoms with E-state index in [0.717, 1.165) is 60.2 Å². The fourth-order valence-electron chi connectivity index (χ4n) is 4.70. The molecule has 8 nitrogen and oxygen atoms in total. The maximum Gasteiger partial charge on any atom is 0.254 e. The highest BCUT2D eigenvalue weighted by molar-refractivity contribution is 6.06. The molecule has 1 fully saturated rings. The van der Waals surface area contributed by atoms with Gasteiger partial charge in [0.05, 0.1) is 34.2 Å². The summed E-state index contributed by atoms with van der Waals surface area (Å²) in [5.41, 5.74) is 10.3. The van der Waals surface area contributed by atoms with Crippen molar-refractivity contribution in [2.24, 2.45) is 5.73 Å². The van der Waals surface area contributed by atoms with E-state index in [1.54, 1.807) is 6.07 Å². The summed E-state index contributed by atoms with van der Waals surface area (Å²) in [7, 11) is 1.49. The average molecular weight is 500 g/mol. The number of hydrogen-bond acceptors (Lipinski definition) is 7. The molecule has 1 unspecified atom stereocenters. The van der Waals surface area contributed by atoms with E-state index in [9.17, 15) is 9.18 Å². The standard InChI is InChI=1S/C28H30FN7O/c1-3-17(19-5-4-6-20-25(27(37)31-2)21(29)15-34-26(19)20)9-12-32-24-13-22(35-16-36-24)18-7-8-23(33-14-18)28(30)10-11-28/h4-8,13-17H,3,9-12,30H2,1-2H3,(H,31,37)(H,32,35,36). The zero-order valence-corrected chi connectivity index (χ0v) is 21.0. The van der Waals surface area contributed by atoms with Crippen LogP contribution in [0.3, 0.4) is 0 Å². The van der Waals surface area contributed by atoms with Crippen molar-refractivity contribution < 1.29 is 9.18 Å². The third-order valence-corrected chi connectivity index (χ3v) is 7.09. The number of nitrogens with zero attached hydrogens (tertiary/aromatic N) is 4. The van der Waals surface area contributed by atoms with E-state index >= 15 is 0 Å². The molecule has 1 aliphatic carbocycles. The molecule has 1 saturated carbocycles. The Morgan fingerprint density at radius 3 is 2.68 bits per heavy atom. The van der Waals surface area contributed by atoms with Gasteiger partial charge in [-0.1, -0.05) is 25.1 Å². The molecule has 0 spiro atoms. The fourth-order valence-corrected chi connectivity index (χ4v) is 4.70. The van der Waals surface area contributed by atoms with Crippen LogP contribution in [0, 0.1) is 5.82 Å². The molecule has 1 amide bonds. The monoisotopic (exact) mass is 499 g/mol. The molecule has 5 rings (SSSR count). The first-order chi connectivity index (χ1) is 17.9. The van der Waals surface area contributed by atoms with E-state index in [-0.39, 0.29) is 17.0 Å². The van der Waals surface area contributed by atoms with Gasteiger partial charge in [-0.15, -0.1) is 0 Å². The molecule has 190 valence electrons. The maximum atomic E-state index is 14.4. The van der Waals surface area contributed by atoms with E-state index in [1.165, 1.54) is 13.4 Å². The molecule has 3 heterocycles. The molecule has 0 saturated heterocycles. The van der Waals surface area contributed by atoms with Gasteiger partial charge in [-0.2, -0.15) is 0 Å². The van der Waals surface area contributed by atoms with Gasteiger partial charge >= 0.3 is 0 Å². The van der Waals surface area contributed by atoms with Crippen LogP contribution < -0.4 is 16.4 Å². The van der Waals surface area contributed by atoms with Gasteiger partial charge in [0.15, 0.2) is 5.82 Å². The summed E-state index contributed by atoms with van der Waals surface area (Å²) in [4.78, 5) is 30.0. The van der Waals surface area contributed by atoms with Crippen molar-refractivity contribution in [1.29, 1.82) is 0 Å². The molecular formula is C28H30FN7O. The Hall–Kier alpha value is -3.98. The first-order valence-electron chi connectivity index (χ1n) is 12.5. The molecular weight excluding hydrogens is 469 g/mol. The van der Waals surface area contributed by atoms with Gasteiger partial charge in [0.25, 0.3) is 5.91 Å². The number of carbonyl (C=O) groups is 1. The van der Waals surface area contributed by atoms with Crippen molar-refractivity contribution >= 4 is 22.6 Å². The molecule has 0 radical (unpaired) electrons. The summed E-state index contributed by atoms with van der Waals surface area (Å²) in [6.45, 7) is 2.78. The fraction of sp³-hybridized carbons (Fsp3) is 0.321. The third kappa shape index (κ3) is 4.99. The number of halogens is 1. The Labute approximate surface area is 215 Å². The Kier molecular flexibility index (Phi) is 6.80. The Morgan fingerprint density at radius 1 is 1.14 bits per heavy atom. The summed E-state index contributed by atoms with van der Waals surface area (Å²) < 4.78 is 14.4. The lowest BCUT2D eigenvalue weighted by Gasteiger charge is -2.18. The highest BCUT2D eigenvalue weighted by Gasteiger charge is 2.41. The molecule has 4 aromatic rings. The third-order valence-electron chi connectivity index (χ3n) is 7.09. The van der Waals surface area contributed by atoms with Gasteiger partial charge in [-0.25, -0.2) is 14.4 Å². The van der Waals surface area contributed by atoms with Gasteiger partial charge in [0.2, 0.25) is 0 Å². The van der Waals surface area contributed by atoms with Gasteiger partial charge in [-0.3, -0.25) is 14.8 Å². The number of aromatic nitrogens is 4. The summed E-state index contributed by atoms with van der Waals surface area (Å²) in [5, 5.41) is 6.43. The number of pyridine rings is 2. The largest absolute Gasteiger partial charge is 0.370 e. The number of fused-ring (bicyclic) bond motifs is 1. The lowest BCUT2D eigenvalue weighted by atomic mass is 9.90. The summed E-state index contributed by atoms with van der Waals surface area (Å²) in [5.74, 6) is -0.202. The van der Waals surface area contributed by atoms with E-state index in [2.05, 4.69) is 37.5 Å². The van der Waals surface area contributed by atoms with Crippen LogP contribution in [0.2, 0.25) is 0 Å². The van der Waals surface area contributed by atoms with Crippen molar-refractivity contribution in [1.82, 2.24) is 25.3 Å². The van der Waals surface area contributed by atoms with Gasteiger partial charge in [-0.05, 0) is 49.3 Å². The van der Waals surface area contributed by atoms with Gasteiger partial charge < -0.3 is 16.4 Å². The number of nitrogens with two attached hydrogens (primary N) is 1. The van der Waals surface area contributed by atoms with Gasteiger partial charge in [0.1, 0.15) is 12.1 Å². The topological polar surface area (TPSA) is 119 Å². The Balaban J connectivity index is 1.30. The lowest BCUT2D eigenvalue weighted by molar-refractivity contribution is 0.0960. The first kappa shape index (κ1) is 24.7. The van der Waals surface area contributed by atoms with Crippen LogP contribution in [0.4, 0.5) is 10.2 Å². The molecule has 1 atom stereocenters. The first-order valence-corrected chi connectivity index (χ1v) is 12.5. The Morgan fingerprint density at radius 2 is 1.97 bits per heavy atom. The summed E-state index contributed by atoms with van der Waals surface area (Å²) in [6.07, 6.45) is 8.09. The number of rotatable bonds is 9. The number of amides is 1. The van der Waals surface area contributed by atoms with Crippen LogP contribution in [0.15, 0.2) is 55.1 Å². The van der Waals surface area contributed by atoms with E-state index < -0.39 is 11.7 Å². The van der Waals surface area contributed by atoms with Crippen molar-refractivity contribution in [2.45, 2.75) is 44.1 Å². The predicted octanol–water partition coefficient (Wildman–Crippen LogP) is 4.53. The molecule has 9 heteroatoms. The number of hydrogen-bond donors (Lipinski definition) is 3. The molecule has 37 heavy (non-hydrogen) atoms. The number of benzene rings is 1. The molecule has 0 aliphatic heterocycles. The number of para-hydroxylation sites is 1. The minimum Gasteiger partial charge on any atom is -0.370 e. The zero-order valence-electron chi connectivity index (χ0n) is 21.0. The van der Waals surface area contributed by atoms with E-state index in [0.29, 0.717) is 17.4 Å². The highest BCUT2D eigenvalue weighted by atomic mass is 19.1. The van der Waals surface area contributed by atoms with Crippen LogP contribution in [-0.4, -0.2) is 39.4 Å². The second-order valence-electron chi connectivity index (χ2n) is 9.50. The van der Waals surface area contributed by atoms with E-state index in [1.807, 2.05) is 36.5 Å². The van der Waals surface area contributed by atoms with Crippen LogP contribution in [-0.2, 0) is 5.54 Å². The number of anilines is 1. The highest BCUT2D eigenvalue weighted by Crippen LogP contribution is 2.41. The molecule has 0 bridgehead atoms. The minimum absolute atomic E-state index is 0.0251. The van der Waals surface area contributed by atoms with Crippen LogP contribution >= 0.6 is 0 Å². The molecule has 1 aliphatic rings. The Bertz CT molecular complexity index is 1440. The van der Waals surface area contributed by atoms with Gasteiger partial charge in [0, 0.05) is 36.8 Å². The smallest absolute Gasteiger partial charge is 0.254 e. The van der Waals surface area contributed by atoms with Crippen molar-refractivity contribution in [3.05, 3.63) is 77.8 Å². The average Bonchev–Trinajstić information content (AvgIpc) is 3.69.